The lowest BCUT2D eigenvalue weighted by atomic mass is 9.77. The van der Waals surface area contributed by atoms with Crippen LogP contribution in [-0.4, -0.2) is 56.7 Å². The van der Waals surface area contributed by atoms with Crippen LogP contribution >= 0.6 is 0 Å². The summed E-state index contributed by atoms with van der Waals surface area (Å²) in [5.74, 6) is -2.81. The van der Waals surface area contributed by atoms with Crippen LogP contribution in [0.1, 0.15) is 12.8 Å². The minimum atomic E-state index is -2.71. The molecule has 0 bridgehead atoms. The quantitative estimate of drug-likeness (QED) is 0.265. The SMILES string of the molecule is NC(=O)C(O)(CCO)C(O)(CCO)C(N)=O. The number of aliphatic hydroxyl groups is 4. The molecule has 0 aromatic rings. The number of hydrogen-bond acceptors (Lipinski definition) is 6. The van der Waals surface area contributed by atoms with E-state index in [1.54, 1.807) is 0 Å². The van der Waals surface area contributed by atoms with Gasteiger partial charge in [-0.2, -0.15) is 0 Å². The summed E-state index contributed by atoms with van der Waals surface area (Å²) in [5.41, 5.74) is 4.30. The van der Waals surface area contributed by atoms with Crippen LogP contribution in [0, 0.1) is 0 Å². The molecule has 0 aromatic heterocycles. The van der Waals surface area contributed by atoms with Crippen LogP contribution < -0.4 is 11.5 Å². The van der Waals surface area contributed by atoms with E-state index in [0.717, 1.165) is 0 Å². The number of nitrogens with two attached hydrogens (primary N) is 2. The van der Waals surface area contributed by atoms with E-state index >= 15 is 0 Å². The van der Waals surface area contributed by atoms with Crippen LogP contribution in [-0.2, 0) is 9.59 Å². The Hall–Kier alpha value is -1.22. The molecule has 2 atom stereocenters. The van der Waals surface area contributed by atoms with Crippen LogP contribution in [0.2, 0.25) is 0 Å². The first kappa shape index (κ1) is 14.8. The lowest BCUT2D eigenvalue weighted by Crippen LogP contribution is -2.68. The number of carbonyl (C=O) groups is 2. The van der Waals surface area contributed by atoms with Crippen LogP contribution in [0.15, 0.2) is 0 Å². The van der Waals surface area contributed by atoms with Gasteiger partial charge in [-0.05, 0) is 0 Å². The Morgan fingerprint density at radius 2 is 1.12 bits per heavy atom. The van der Waals surface area contributed by atoms with E-state index in [1.165, 1.54) is 0 Å². The predicted octanol–water partition coefficient (Wildman–Crippen LogP) is -3.82. The highest BCUT2D eigenvalue weighted by Crippen LogP contribution is 2.28. The third-order valence-electron chi connectivity index (χ3n) is 2.45. The van der Waals surface area contributed by atoms with Gasteiger partial charge < -0.3 is 31.9 Å². The van der Waals surface area contributed by atoms with Crippen molar-refractivity contribution < 1.29 is 30.0 Å². The molecule has 0 fully saturated rings. The fourth-order valence-electron chi connectivity index (χ4n) is 1.39. The second kappa shape index (κ2) is 5.21. The average molecular weight is 236 g/mol. The van der Waals surface area contributed by atoms with Gasteiger partial charge in [0.25, 0.3) is 11.8 Å². The average Bonchev–Trinajstić information content (AvgIpc) is 2.17. The maximum Gasteiger partial charge on any atom is 0.253 e. The first-order valence-corrected chi connectivity index (χ1v) is 4.52. The van der Waals surface area contributed by atoms with Gasteiger partial charge in [0.2, 0.25) is 0 Å². The van der Waals surface area contributed by atoms with Crippen LogP contribution in [0.5, 0.6) is 0 Å². The number of rotatable bonds is 7. The zero-order valence-corrected chi connectivity index (χ0v) is 8.59. The first-order valence-electron chi connectivity index (χ1n) is 4.52. The van der Waals surface area contributed by atoms with Crippen molar-refractivity contribution >= 4 is 11.8 Å². The molecule has 0 radical (unpaired) electrons. The molecular weight excluding hydrogens is 220 g/mol. The van der Waals surface area contributed by atoms with Gasteiger partial charge in [0, 0.05) is 26.1 Å². The van der Waals surface area contributed by atoms with Crippen molar-refractivity contribution in [1.29, 1.82) is 0 Å². The zero-order valence-electron chi connectivity index (χ0n) is 8.59. The van der Waals surface area contributed by atoms with E-state index in [9.17, 15) is 19.8 Å². The number of aliphatic hydroxyl groups excluding tert-OH is 2. The maximum absolute atomic E-state index is 11.0. The van der Waals surface area contributed by atoms with E-state index in [0.29, 0.717) is 0 Å². The summed E-state index contributed by atoms with van der Waals surface area (Å²) in [6.07, 6.45) is -1.33. The van der Waals surface area contributed by atoms with E-state index in [1.807, 2.05) is 0 Å². The third-order valence-corrected chi connectivity index (χ3v) is 2.45. The second-order valence-electron chi connectivity index (χ2n) is 3.40. The topological polar surface area (TPSA) is 167 Å². The summed E-state index contributed by atoms with van der Waals surface area (Å²) in [4.78, 5) is 22.1. The Kier molecular flexibility index (Phi) is 4.81. The van der Waals surface area contributed by atoms with Crippen LogP contribution in [0.3, 0.4) is 0 Å². The summed E-state index contributed by atoms with van der Waals surface area (Å²) in [7, 11) is 0. The third kappa shape index (κ3) is 2.30. The van der Waals surface area contributed by atoms with Crippen molar-refractivity contribution in [3.8, 4) is 0 Å². The van der Waals surface area contributed by atoms with E-state index in [4.69, 9.17) is 21.7 Å². The summed E-state index contributed by atoms with van der Waals surface area (Å²) in [6, 6.07) is 0. The molecule has 8 nitrogen and oxygen atoms in total. The van der Waals surface area contributed by atoms with Crippen molar-refractivity contribution in [2.45, 2.75) is 24.0 Å². The minimum Gasteiger partial charge on any atom is -0.396 e. The van der Waals surface area contributed by atoms with Crippen molar-refractivity contribution in [3.05, 3.63) is 0 Å². The molecule has 0 aliphatic rings. The lowest BCUT2D eigenvalue weighted by molar-refractivity contribution is -0.187. The molecule has 8 heteroatoms. The number of hydrogen-bond donors (Lipinski definition) is 6. The second-order valence-corrected chi connectivity index (χ2v) is 3.40. The summed E-state index contributed by atoms with van der Waals surface area (Å²) in [5, 5.41) is 37.0. The summed E-state index contributed by atoms with van der Waals surface area (Å²) < 4.78 is 0. The standard InChI is InChI=1S/C8H16N2O6/c9-5(13)7(15,1-3-11)8(16,2-4-12)6(10)14/h11-12,15-16H,1-4H2,(H2,9,13)(H2,10,14). The van der Waals surface area contributed by atoms with Crippen molar-refractivity contribution in [1.82, 2.24) is 0 Å². The van der Waals surface area contributed by atoms with Gasteiger partial charge in [-0.25, -0.2) is 0 Å². The Balaban J connectivity index is 5.43. The summed E-state index contributed by atoms with van der Waals surface area (Å²) >= 11 is 0. The van der Waals surface area contributed by atoms with Crippen LogP contribution in [0.4, 0.5) is 0 Å². The highest BCUT2D eigenvalue weighted by atomic mass is 16.4. The van der Waals surface area contributed by atoms with Gasteiger partial charge in [-0.15, -0.1) is 0 Å². The molecule has 0 saturated heterocycles. The molecular formula is C8H16N2O6. The van der Waals surface area contributed by atoms with Gasteiger partial charge >= 0.3 is 0 Å². The molecule has 0 heterocycles. The molecule has 0 spiro atoms. The normalized spacial score (nSPS) is 18.5. The zero-order chi connectivity index (χ0) is 13.0. The Bertz CT molecular complexity index is 256. The first-order chi connectivity index (χ1) is 7.26. The maximum atomic E-state index is 11.0. The molecule has 16 heavy (non-hydrogen) atoms. The van der Waals surface area contributed by atoms with Crippen molar-refractivity contribution in [2.24, 2.45) is 11.5 Å². The van der Waals surface area contributed by atoms with E-state index in [-0.39, 0.29) is 0 Å². The van der Waals surface area contributed by atoms with Gasteiger partial charge in [-0.1, -0.05) is 0 Å². The Morgan fingerprint density at radius 1 is 0.875 bits per heavy atom. The Labute approximate surface area is 91.5 Å². The summed E-state index contributed by atoms with van der Waals surface area (Å²) in [6.45, 7) is -1.39. The molecule has 0 rings (SSSR count). The molecule has 8 N–H and O–H groups in total. The molecule has 0 aromatic carbocycles. The van der Waals surface area contributed by atoms with Crippen molar-refractivity contribution in [2.75, 3.05) is 13.2 Å². The van der Waals surface area contributed by atoms with E-state index in [2.05, 4.69) is 0 Å². The molecule has 2 amide bonds. The number of carbonyl (C=O) groups excluding carboxylic acids is 2. The molecule has 94 valence electrons. The molecule has 0 aliphatic carbocycles. The fourth-order valence-corrected chi connectivity index (χ4v) is 1.39. The van der Waals surface area contributed by atoms with Gasteiger partial charge in [0.05, 0.1) is 0 Å². The largest absolute Gasteiger partial charge is 0.396 e. The van der Waals surface area contributed by atoms with Crippen LogP contribution in [0.25, 0.3) is 0 Å². The monoisotopic (exact) mass is 236 g/mol. The fraction of sp³-hybridized carbons (Fsp3) is 0.750. The lowest BCUT2D eigenvalue weighted by Gasteiger charge is -2.38. The van der Waals surface area contributed by atoms with Gasteiger partial charge in [-0.3, -0.25) is 9.59 Å². The molecule has 0 aliphatic heterocycles. The van der Waals surface area contributed by atoms with Gasteiger partial charge in [0.15, 0.2) is 11.2 Å². The van der Waals surface area contributed by atoms with Gasteiger partial charge in [0.1, 0.15) is 0 Å². The number of primary amides is 2. The minimum absolute atomic E-state index is 0.665. The highest BCUT2D eigenvalue weighted by molar-refractivity contribution is 5.95. The molecule has 2 unspecified atom stereocenters. The smallest absolute Gasteiger partial charge is 0.253 e. The van der Waals surface area contributed by atoms with Crippen molar-refractivity contribution in [3.63, 3.8) is 0 Å². The predicted molar refractivity (Wildman–Crippen MR) is 51.7 cm³/mol. The molecule has 0 saturated carbocycles. The number of amides is 2. The highest BCUT2D eigenvalue weighted by Gasteiger charge is 2.57. The van der Waals surface area contributed by atoms with E-state index < -0.39 is 49.1 Å². The Morgan fingerprint density at radius 3 is 1.25 bits per heavy atom.